The minimum Gasteiger partial charge on any atom is -0.383 e. The Labute approximate surface area is 103 Å². The summed E-state index contributed by atoms with van der Waals surface area (Å²) in [5, 5.41) is 4.53. The van der Waals surface area contributed by atoms with Crippen molar-refractivity contribution in [3.8, 4) is 0 Å². The van der Waals surface area contributed by atoms with Crippen LogP contribution >= 0.6 is 0 Å². The summed E-state index contributed by atoms with van der Waals surface area (Å²) in [6, 6.07) is 0.552. The van der Waals surface area contributed by atoms with Gasteiger partial charge in [-0.2, -0.15) is 5.10 Å². The quantitative estimate of drug-likeness (QED) is 0.800. The molecule has 0 N–H and O–H groups in total. The first-order valence-electron chi connectivity index (χ1n) is 6.70. The molecule has 1 aromatic rings. The molecular formula is C13H21N3O. The highest BCUT2D eigenvalue weighted by atomic mass is 16.5. The highest BCUT2D eigenvalue weighted by Gasteiger charge is 2.28. The third kappa shape index (κ3) is 1.95. The monoisotopic (exact) mass is 235 g/mol. The normalized spacial score (nSPS) is 24.1. The van der Waals surface area contributed by atoms with Gasteiger partial charge in [0.1, 0.15) is 0 Å². The van der Waals surface area contributed by atoms with E-state index < -0.39 is 0 Å². The first-order chi connectivity index (χ1) is 8.40. The summed E-state index contributed by atoms with van der Waals surface area (Å²) >= 11 is 0. The Morgan fingerprint density at radius 3 is 3.18 bits per heavy atom. The molecule has 0 amide bonds. The van der Waals surface area contributed by atoms with E-state index in [0.29, 0.717) is 6.04 Å². The number of rotatable bonds is 3. The first kappa shape index (κ1) is 11.1. The number of hydrogen-bond donors (Lipinski definition) is 0. The van der Waals surface area contributed by atoms with Crippen molar-refractivity contribution in [1.82, 2.24) is 9.78 Å². The number of methoxy groups -OCH3 is 1. The number of ether oxygens (including phenoxy) is 1. The molecular weight excluding hydrogens is 214 g/mol. The molecule has 1 fully saturated rings. The van der Waals surface area contributed by atoms with Crippen LogP contribution in [-0.2, 0) is 17.7 Å². The maximum atomic E-state index is 5.33. The molecule has 94 valence electrons. The van der Waals surface area contributed by atoms with Gasteiger partial charge in [-0.1, -0.05) is 0 Å². The Bertz CT molecular complexity index is 388. The Kier molecular flexibility index (Phi) is 3.05. The van der Waals surface area contributed by atoms with Crippen molar-refractivity contribution in [2.45, 2.75) is 44.7 Å². The van der Waals surface area contributed by atoms with Gasteiger partial charge in [-0.25, -0.2) is 0 Å². The van der Waals surface area contributed by atoms with Crippen LogP contribution in [0.3, 0.4) is 0 Å². The lowest BCUT2D eigenvalue weighted by Crippen LogP contribution is -2.33. The molecule has 0 aromatic carbocycles. The van der Waals surface area contributed by atoms with E-state index in [1.807, 2.05) is 0 Å². The zero-order valence-electron chi connectivity index (χ0n) is 10.6. The van der Waals surface area contributed by atoms with Crippen LogP contribution in [0.25, 0.3) is 0 Å². The molecule has 17 heavy (non-hydrogen) atoms. The van der Waals surface area contributed by atoms with E-state index in [0.717, 1.165) is 19.7 Å². The summed E-state index contributed by atoms with van der Waals surface area (Å²) < 4.78 is 7.52. The van der Waals surface area contributed by atoms with Crippen molar-refractivity contribution < 1.29 is 4.74 Å². The van der Waals surface area contributed by atoms with Crippen LogP contribution in [0, 0.1) is 0 Å². The SMILES string of the molecule is COCC1CCCN1c1cnn2c1CCCC2. The summed E-state index contributed by atoms with van der Waals surface area (Å²) in [5.74, 6) is 0. The predicted molar refractivity (Wildman–Crippen MR) is 67.4 cm³/mol. The molecule has 0 spiro atoms. The molecule has 0 saturated carbocycles. The average Bonchev–Trinajstić information content (AvgIpc) is 2.95. The van der Waals surface area contributed by atoms with E-state index in [1.54, 1.807) is 7.11 Å². The van der Waals surface area contributed by atoms with E-state index in [1.165, 1.54) is 43.5 Å². The lowest BCUT2D eigenvalue weighted by atomic mass is 10.1. The standard InChI is InChI=1S/C13H21N3O/c1-17-10-11-5-4-7-15(11)13-9-14-16-8-3-2-6-12(13)16/h9,11H,2-8,10H2,1H3. The molecule has 1 saturated heterocycles. The van der Waals surface area contributed by atoms with Crippen LogP contribution < -0.4 is 4.90 Å². The van der Waals surface area contributed by atoms with Gasteiger partial charge in [0.15, 0.2) is 0 Å². The van der Waals surface area contributed by atoms with Crippen LogP contribution in [0.1, 0.15) is 31.4 Å². The highest BCUT2D eigenvalue weighted by molar-refractivity contribution is 5.52. The molecule has 4 nitrogen and oxygen atoms in total. The zero-order valence-corrected chi connectivity index (χ0v) is 10.6. The minimum atomic E-state index is 0.552. The Balaban J connectivity index is 1.85. The van der Waals surface area contributed by atoms with Crippen molar-refractivity contribution in [1.29, 1.82) is 0 Å². The largest absolute Gasteiger partial charge is 0.383 e. The second kappa shape index (κ2) is 4.69. The molecule has 0 bridgehead atoms. The molecule has 3 rings (SSSR count). The van der Waals surface area contributed by atoms with Gasteiger partial charge in [-0.15, -0.1) is 0 Å². The Hall–Kier alpha value is -1.03. The number of fused-ring (bicyclic) bond motifs is 1. The summed E-state index contributed by atoms with van der Waals surface area (Å²) in [7, 11) is 1.80. The van der Waals surface area contributed by atoms with Crippen molar-refractivity contribution in [2.75, 3.05) is 25.2 Å². The van der Waals surface area contributed by atoms with Crippen LogP contribution in [0.2, 0.25) is 0 Å². The summed E-state index contributed by atoms with van der Waals surface area (Å²) in [6.07, 6.45) is 8.36. The summed E-state index contributed by atoms with van der Waals surface area (Å²) in [4.78, 5) is 2.51. The van der Waals surface area contributed by atoms with E-state index >= 15 is 0 Å². The topological polar surface area (TPSA) is 30.3 Å². The summed E-state index contributed by atoms with van der Waals surface area (Å²) in [5.41, 5.74) is 2.81. The Morgan fingerprint density at radius 2 is 2.29 bits per heavy atom. The van der Waals surface area contributed by atoms with Gasteiger partial charge in [0.25, 0.3) is 0 Å². The molecule has 2 aliphatic rings. The maximum Gasteiger partial charge on any atom is 0.0788 e. The van der Waals surface area contributed by atoms with Crippen LogP contribution in [0.4, 0.5) is 5.69 Å². The number of nitrogens with zero attached hydrogens (tertiary/aromatic N) is 3. The first-order valence-corrected chi connectivity index (χ1v) is 6.70. The molecule has 2 aliphatic heterocycles. The highest BCUT2D eigenvalue weighted by Crippen LogP contribution is 2.31. The van der Waals surface area contributed by atoms with Gasteiger partial charge < -0.3 is 9.64 Å². The molecule has 0 radical (unpaired) electrons. The van der Waals surface area contributed by atoms with E-state index in [4.69, 9.17) is 4.74 Å². The number of hydrogen-bond acceptors (Lipinski definition) is 3. The molecule has 1 atom stereocenters. The van der Waals surface area contributed by atoms with Crippen molar-refractivity contribution in [2.24, 2.45) is 0 Å². The van der Waals surface area contributed by atoms with Gasteiger partial charge in [0, 0.05) is 20.2 Å². The summed E-state index contributed by atoms with van der Waals surface area (Å²) in [6.45, 7) is 3.09. The molecule has 1 unspecified atom stereocenters. The van der Waals surface area contributed by atoms with E-state index in [-0.39, 0.29) is 0 Å². The van der Waals surface area contributed by atoms with Crippen LogP contribution in [0.15, 0.2) is 6.20 Å². The predicted octanol–water partition coefficient (Wildman–Crippen LogP) is 1.83. The maximum absolute atomic E-state index is 5.33. The number of aryl methyl sites for hydroxylation is 1. The Morgan fingerprint density at radius 1 is 1.35 bits per heavy atom. The minimum absolute atomic E-state index is 0.552. The van der Waals surface area contributed by atoms with Crippen LogP contribution in [0.5, 0.6) is 0 Å². The molecule has 4 heteroatoms. The molecule has 0 aliphatic carbocycles. The fourth-order valence-corrected chi connectivity index (χ4v) is 3.16. The number of aromatic nitrogens is 2. The molecule has 3 heterocycles. The number of anilines is 1. The van der Waals surface area contributed by atoms with E-state index in [9.17, 15) is 0 Å². The fourth-order valence-electron chi connectivity index (χ4n) is 3.16. The molecule has 1 aromatic heterocycles. The van der Waals surface area contributed by atoms with Crippen molar-refractivity contribution >= 4 is 5.69 Å². The zero-order chi connectivity index (χ0) is 11.7. The van der Waals surface area contributed by atoms with E-state index in [2.05, 4.69) is 20.9 Å². The second-order valence-corrected chi connectivity index (χ2v) is 5.10. The third-order valence-corrected chi connectivity index (χ3v) is 4.01. The van der Waals surface area contributed by atoms with Gasteiger partial charge >= 0.3 is 0 Å². The van der Waals surface area contributed by atoms with Crippen molar-refractivity contribution in [3.63, 3.8) is 0 Å². The van der Waals surface area contributed by atoms with Crippen LogP contribution in [-0.4, -0.2) is 36.1 Å². The smallest absolute Gasteiger partial charge is 0.0788 e. The third-order valence-electron chi connectivity index (χ3n) is 4.01. The lowest BCUT2D eigenvalue weighted by molar-refractivity contribution is 0.181. The van der Waals surface area contributed by atoms with Gasteiger partial charge in [0.05, 0.1) is 30.2 Å². The lowest BCUT2D eigenvalue weighted by Gasteiger charge is -2.27. The van der Waals surface area contributed by atoms with Crippen molar-refractivity contribution in [3.05, 3.63) is 11.9 Å². The van der Waals surface area contributed by atoms with Gasteiger partial charge in [0.2, 0.25) is 0 Å². The van der Waals surface area contributed by atoms with Gasteiger partial charge in [-0.05, 0) is 32.1 Å². The van der Waals surface area contributed by atoms with Gasteiger partial charge in [-0.3, -0.25) is 4.68 Å². The fraction of sp³-hybridized carbons (Fsp3) is 0.769. The average molecular weight is 235 g/mol. The second-order valence-electron chi connectivity index (χ2n) is 5.10.